The molecule has 2 aromatic rings. The molecule has 0 aliphatic carbocycles. The Kier molecular flexibility index (Phi) is 5.36. The first kappa shape index (κ1) is 20.9. The second-order valence-electron chi connectivity index (χ2n) is 8.44. The van der Waals surface area contributed by atoms with Crippen LogP contribution in [0.25, 0.3) is 0 Å². The van der Waals surface area contributed by atoms with E-state index in [1.54, 1.807) is 30.3 Å². The van der Waals surface area contributed by atoms with Crippen molar-refractivity contribution in [2.75, 3.05) is 44.2 Å². The molecule has 5 rings (SSSR count). The number of nitrogens with zero attached hydrogens (tertiary/aromatic N) is 4. The van der Waals surface area contributed by atoms with Crippen molar-refractivity contribution >= 4 is 27.5 Å². The van der Waals surface area contributed by atoms with Crippen LogP contribution in [0.5, 0.6) is 0 Å². The first-order chi connectivity index (χ1) is 15.4. The lowest BCUT2D eigenvalue weighted by Gasteiger charge is -2.39. The number of hydrogen-bond donors (Lipinski definition) is 0. The van der Waals surface area contributed by atoms with E-state index in [2.05, 4.69) is 9.30 Å². The van der Waals surface area contributed by atoms with Gasteiger partial charge in [-0.25, -0.2) is 4.39 Å². The Balaban J connectivity index is 1.18. The van der Waals surface area contributed by atoms with E-state index in [0.717, 1.165) is 18.8 Å². The number of amides is 1. The standard InChI is InChI=1S/C23H25FN4O3S/c24-18-5-7-19(8-6-18)26-13-15-28(16-14-26)23(29)17-9-11-27(12-10-17)22-20-3-1-2-4-21(20)32(30,31)25-22/h1-8,17H,9-16H2. The van der Waals surface area contributed by atoms with Gasteiger partial charge in [0, 0.05) is 56.4 Å². The fourth-order valence-corrected chi connectivity index (χ4v) is 5.98. The van der Waals surface area contributed by atoms with Gasteiger partial charge >= 0.3 is 0 Å². The zero-order valence-corrected chi connectivity index (χ0v) is 18.5. The minimum atomic E-state index is -3.64. The van der Waals surface area contributed by atoms with Crippen molar-refractivity contribution in [1.29, 1.82) is 0 Å². The molecule has 0 bridgehead atoms. The maximum Gasteiger partial charge on any atom is 0.285 e. The predicted molar refractivity (Wildman–Crippen MR) is 120 cm³/mol. The molecule has 3 aliphatic rings. The second kappa shape index (κ2) is 8.20. The van der Waals surface area contributed by atoms with E-state index >= 15 is 0 Å². The van der Waals surface area contributed by atoms with Crippen molar-refractivity contribution in [3.05, 3.63) is 59.9 Å². The van der Waals surface area contributed by atoms with E-state index in [9.17, 15) is 17.6 Å². The molecule has 7 nitrogen and oxygen atoms in total. The number of carbonyl (C=O) groups is 1. The molecule has 3 aliphatic heterocycles. The molecule has 9 heteroatoms. The second-order valence-corrected chi connectivity index (χ2v) is 10.0. The molecule has 32 heavy (non-hydrogen) atoms. The van der Waals surface area contributed by atoms with Crippen LogP contribution in [0.15, 0.2) is 57.8 Å². The number of likely N-dealkylation sites (tertiary alicyclic amines) is 1. The highest BCUT2D eigenvalue weighted by Crippen LogP contribution is 2.30. The van der Waals surface area contributed by atoms with Gasteiger partial charge in [0.1, 0.15) is 10.7 Å². The van der Waals surface area contributed by atoms with Crippen LogP contribution >= 0.6 is 0 Å². The third-order valence-corrected chi connectivity index (χ3v) is 7.86. The Labute approximate surface area is 187 Å². The Bertz CT molecular complexity index is 1150. The molecule has 1 amide bonds. The van der Waals surface area contributed by atoms with Gasteiger partial charge in [0.15, 0.2) is 5.84 Å². The lowest BCUT2D eigenvalue weighted by atomic mass is 9.94. The highest BCUT2D eigenvalue weighted by molar-refractivity contribution is 7.90. The quantitative estimate of drug-likeness (QED) is 0.694. The van der Waals surface area contributed by atoms with E-state index in [4.69, 9.17) is 0 Å². The first-order valence-corrected chi connectivity index (χ1v) is 12.3. The Morgan fingerprint density at radius 3 is 2.22 bits per heavy atom. The number of benzene rings is 2. The molecule has 0 spiro atoms. The van der Waals surface area contributed by atoms with Crippen molar-refractivity contribution < 1.29 is 17.6 Å². The summed E-state index contributed by atoms with van der Waals surface area (Å²) in [5, 5.41) is 0. The number of hydrogen-bond acceptors (Lipinski definition) is 5. The summed E-state index contributed by atoms with van der Waals surface area (Å²) in [6.45, 7) is 3.95. The minimum Gasteiger partial charge on any atom is -0.368 e. The molecule has 3 heterocycles. The van der Waals surface area contributed by atoms with Crippen LogP contribution in [0.1, 0.15) is 18.4 Å². The van der Waals surface area contributed by atoms with Crippen LogP contribution in [0.2, 0.25) is 0 Å². The van der Waals surface area contributed by atoms with Gasteiger partial charge in [-0.05, 0) is 49.2 Å². The molecule has 2 aromatic carbocycles. The van der Waals surface area contributed by atoms with Gasteiger partial charge in [0.2, 0.25) is 5.91 Å². The van der Waals surface area contributed by atoms with Crippen LogP contribution in [0, 0.1) is 11.7 Å². The van der Waals surface area contributed by atoms with E-state index < -0.39 is 10.0 Å². The maximum absolute atomic E-state index is 13.2. The molecule has 0 saturated carbocycles. The van der Waals surface area contributed by atoms with E-state index in [1.807, 2.05) is 15.9 Å². The van der Waals surface area contributed by atoms with E-state index in [-0.39, 0.29) is 22.5 Å². The van der Waals surface area contributed by atoms with Crippen LogP contribution < -0.4 is 4.90 Å². The molecular formula is C23H25FN4O3S. The van der Waals surface area contributed by atoms with Gasteiger partial charge in [-0.15, -0.1) is 4.40 Å². The van der Waals surface area contributed by atoms with Crippen molar-refractivity contribution in [1.82, 2.24) is 9.80 Å². The van der Waals surface area contributed by atoms with Gasteiger partial charge in [0.25, 0.3) is 10.0 Å². The number of halogens is 1. The fraction of sp³-hybridized carbons (Fsp3) is 0.391. The summed E-state index contributed by atoms with van der Waals surface area (Å²) in [5.74, 6) is 0.361. The molecule has 0 radical (unpaired) electrons. The number of anilines is 1. The van der Waals surface area contributed by atoms with E-state index in [0.29, 0.717) is 50.4 Å². The van der Waals surface area contributed by atoms with Crippen LogP contribution in [-0.2, 0) is 14.8 Å². The van der Waals surface area contributed by atoms with Gasteiger partial charge in [-0.1, -0.05) is 12.1 Å². The van der Waals surface area contributed by atoms with Crippen molar-refractivity contribution in [3.63, 3.8) is 0 Å². The number of rotatable bonds is 2. The summed E-state index contributed by atoms with van der Waals surface area (Å²) in [7, 11) is -3.64. The molecule has 0 unspecified atom stereocenters. The zero-order chi connectivity index (χ0) is 22.3. The first-order valence-electron chi connectivity index (χ1n) is 10.9. The number of piperidine rings is 1. The average molecular weight is 457 g/mol. The zero-order valence-electron chi connectivity index (χ0n) is 17.7. The highest BCUT2D eigenvalue weighted by Gasteiger charge is 2.35. The molecule has 0 N–H and O–H groups in total. The van der Waals surface area contributed by atoms with Crippen LogP contribution in [-0.4, -0.2) is 69.2 Å². The summed E-state index contributed by atoms with van der Waals surface area (Å²) >= 11 is 0. The van der Waals surface area contributed by atoms with Crippen molar-refractivity contribution in [2.45, 2.75) is 17.7 Å². The number of piperazine rings is 1. The smallest absolute Gasteiger partial charge is 0.285 e. The van der Waals surface area contributed by atoms with Crippen molar-refractivity contribution in [3.8, 4) is 0 Å². The largest absolute Gasteiger partial charge is 0.368 e. The predicted octanol–water partition coefficient (Wildman–Crippen LogP) is 2.34. The van der Waals surface area contributed by atoms with Gasteiger partial charge in [0.05, 0.1) is 0 Å². The van der Waals surface area contributed by atoms with E-state index in [1.165, 1.54) is 12.1 Å². The van der Waals surface area contributed by atoms with Gasteiger partial charge in [-0.2, -0.15) is 8.42 Å². The fourth-order valence-electron chi connectivity index (χ4n) is 4.75. The minimum absolute atomic E-state index is 0.0579. The molecular weight excluding hydrogens is 431 g/mol. The maximum atomic E-state index is 13.2. The topological polar surface area (TPSA) is 73.3 Å². The monoisotopic (exact) mass is 456 g/mol. The Morgan fingerprint density at radius 2 is 1.53 bits per heavy atom. The molecule has 0 atom stereocenters. The number of fused-ring (bicyclic) bond motifs is 1. The summed E-state index contributed by atoms with van der Waals surface area (Å²) < 4.78 is 41.8. The molecule has 2 fully saturated rings. The van der Waals surface area contributed by atoms with Crippen LogP contribution in [0.3, 0.4) is 0 Å². The molecule has 0 aromatic heterocycles. The Hall–Kier alpha value is -2.94. The van der Waals surface area contributed by atoms with Gasteiger partial charge in [-0.3, -0.25) is 4.79 Å². The number of sulfonamides is 1. The lowest BCUT2D eigenvalue weighted by molar-refractivity contribution is -0.137. The third kappa shape index (κ3) is 3.85. The van der Waals surface area contributed by atoms with Crippen LogP contribution in [0.4, 0.5) is 10.1 Å². The summed E-state index contributed by atoms with van der Waals surface area (Å²) in [5.41, 5.74) is 1.62. The number of amidine groups is 1. The average Bonchev–Trinajstić information content (AvgIpc) is 3.10. The summed E-state index contributed by atoms with van der Waals surface area (Å²) in [4.78, 5) is 19.4. The van der Waals surface area contributed by atoms with Gasteiger partial charge < -0.3 is 14.7 Å². The molecule has 2 saturated heterocycles. The number of carbonyl (C=O) groups excluding carboxylic acids is 1. The SMILES string of the molecule is O=C(C1CCN(C2=NS(=O)(=O)c3ccccc32)CC1)N1CCN(c2ccc(F)cc2)CC1. The normalized spacial score (nSPS) is 20.8. The Morgan fingerprint density at radius 1 is 0.875 bits per heavy atom. The summed E-state index contributed by atoms with van der Waals surface area (Å²) in [6, 6.07) is 13.4. The third-order valence-electron chi connectivity index (χ3n) is 6.54. The lowest BCUT2D eigenvalue weighted by Crippen LogP contribution is -2.52. The van der Waals surface area contributed by atoms with Crippen molar-refractivity contribution in [2.24, 2.45) is 10.3 Å². The molecule has 168 valence electrons. The highest BCUT2D eigenvalue weighted by atomic mass is 32.2. The summed E-state index contributed by atoms with van der Waals surface area (Å²) in [6.07, 6.45) is 1.36.